The topological polar surface area (TPSA) is 21.3 Å². The third-order valence-corrected chi connectivity index (χ3v) is 5.37. The molecule has 3 heteroatoms. The summed E-state index contributed by atoms with van der Waals surface area (Å²) in [5.41, 5.74) is 1.30. The summed E-state index contributed by atoms with van der Waals surface area (Å²) >= 11 is 2.00. The summed E-state index contributed by atoms with van der Waals surface area (Å²) < 4.78 is 5.53. The maximum Gasteiger partial charge on any atom is 0.124 e. The lowest BCUT2D eigenvalue weighted by Crippen LogP contribution is -2.14. The van der Waals surface area contributed by atoms with Gasteiger partial charge in [-0.3, -0.25) is 0 Å². The second-order valence-corrected chi connectivity index (χ2v) is 6.41. The van der Waals surface area contributed by atoms with Crippen molar-refractivity contribution in [3.8, 4) is 5.75 Å². The van der Waals surface area contributed by atoms with Gasteiger partial charge in [0.25, 0.3) is 0 Å². The third kappa shape index (κ3) is 3.67. The molecular formula is C16H25NOS. The van der Waals surface area contributed by atoms with Crippen LogP contribution in [0.4, 0.5) is 0 Å². The third-order valence-electron chi connectivity index (χ3n) is 4.06. The van der Waals surface area contributed by atoms with Gasteiger partial charge in [0.05, 0.1) is 7.11 Å². The Hall–Kier alpha value is -0.670. The van der Waals surface area contributed by atoms with E-state index in [4.69, 9.17) is 4.74 Å². The van der Waals surface area contributed by atoms with E-state index < -0.39 is 0 Å². The molecule has 1 atom stereocenters. The van der Waals surface area contributed by atoms with E-state index in [9.17, 15) is 0 Å². The summed E-state index contributed by atoms with van der Waals surface area (Å²) in [6, 6.07) is 6.71. The van der Waals surface area contributed by atoms with Crippen molar-refractivity contribution in [2.24, 2.45) is 5.92 Å². The van der Waals surface area contributed by atoms with Crippen LogP contribution in [0.15, 0.2) is 23.1 Å². The van der Waals surface area contributed by atoms with Crippen LogP contribution >= 0.6 is 11.8 Å². The molecule has 1 saturated carbocycles. The molecule has 1 aromatic rings. The second-order valence-electron chi connectivity index (χ2n) is 5.34. The summed E-state index contributed by atoms with van der Waals surface area (Å²) in [6.45, 7) is 2.19. The van der Waals surface area contributed by atoms with Crippen molar-refractivity contribution in [3.05, 3.63) is 23.8 Å². The Morgan fingerprint density at radius 2 is 2.11 bits per heavy atom. The number of nitrogens with one attached hydrogen (secondary N) is 1. The highest BCUT2D eigenvalue weighted by Crippen LogP contribution is 2.37. The molecule has 2 nitrogen and oxygen atoms in total. The van der Waals surface area contributed by atoms with Gasteiger partial charge in [-0.1, -0.05) is 18.9 Å². The maximum atomic E-state index is 5.53. The zero-order chi connectivity index (χ0) is 13.7. The first-order chi connectivity index (χ1) is 9.26. The number of benzene rings is 1. The van der Waals surface area contributed by atoms with E-state index in [1.54, 1.807) is 7.11 Å². The van der Waals surface area contributed by atoms with Crippen LogP contribution in [0.25, 0.3) is 0 Å². The Kier molecular flexibility index (Phi) is 5.59. The molecule has 1 aliphatic carbocycles. The number of methoxy groups -OCH3 is 1. The lowest BCUT2D eigenvalue weighted by molar-refractivity contribution is 0.401. The molecular weight excluding hydrogens is 254 g/mol. The van der Waals surface area contributed by atoms with Gasteiger partial charge in [0.2, 0.25) is 0 Å². The van der Waals surface area contributed by atoms with Crippen LogP contribution in [0, 0.1) is 5.92 Å². The predicted octanol–water partition coefficient (Wildman–Crippen LogP) is 4.26. The van der Waals surface area contributed by atoms with Crippen LogP contribution in [0.3, 0.4) is 0 Å². The molecule has 0 aliphatic heterocycles. The average molecular weight is 279 g/mol. The van der Waals surface area contributed by atoms with Gasteiger partial charge in [-0.15, -0.1) is 11.8 Å². The molecule has 1 aliphatic rings. The average Bonchev–Trinajstić information content (AvgIpc) is 2.97. The minimum absolute atomic E-state index is 0.322. The fourth-order valence-electron chi connectivity index (χ4n) is 2.78. The highest BCUT2D eigenvalue weighted by Gasteiger charge is 2.18. The van der Waals surface area contributed by atoms with Gasteiger partial charge in [0.15, 0.2) is 0 Å². The summed E-state index contributed by atoms with van der Waals surface area (Å²) in [4.78, 5) is 1.37. The Balaban J connectivity index is 2.13. The van der Waals surface area contributed by atoms with E-state index in [0.29, 0.717) is 6.04 Å². The normalized spacial score (nSPS) is 17.6. The van der Waals surface area contributed by atoms with Crippen LogP contribution < -0.4 is 10.1 Å². The first-order valence-corrected chi connectivity index (χ1v) is 8.21. The van der Waals surface area contributed by atoms with Crippen molar-refractivity contribution in [1.82, 2.24) is 5.32 Å². The van der Waals surface area contributed by atoms with Crippen LogP contribution in [0.1, 0.15) is 44.2 Å². The number of hydrogen-bond acceptors (Lipinski definition) is 3. The Labute approximate surface area is 121 Å². The van der Waals surface area contributed by atoms with Gasteiger partial charge < -0.3 is 10.1 Å². The van der Waals surface area contributed by atoms with E-state index in [1.807, 2.05) is 18.8 Å². The van der Waals surface area contributed by atoms with Gasteiger partial charge in [-0.25, -0.2) is 0 Å². The maximum absolute atomic E-state index is 5.53. The van der Waals surface area contributed by atoms with Gasteiger partial charge in [0, 0.05) is 22.3 Å². The van der Waals surface area contributed by atoms with Gasteiger partial charge in [0.1, 0.15) is 5.75 Å². The molecule has 0 aromatic heterocycles. The summed E-state index contributed by atoms with van der Waals surface area (Å²) in [6.07, 6.45) is 5.66. The fraction of sp³-hybridized carbons (Fsp3) is 0.625. The number of rotatable bonds is 6. The molecule has 0 saturated heterocycles. The molecule has 1 N–H and O–H groups in total. The van der Waals surface area contributed by atoms with Gasteiger partial charge in [-0.2, -0.15) is 0 Å². The zero-order valence-electron chi connectivity index (χ0n) is 12.2. The van der Waals surface area contributed by atoms with Crippen LogP contribution in [-0.2, 0) is 0 Å². The van der Waals surface area contributed by atoms with E-state index in [0.717, 1.165) is 11.7 Å². The Morgan fingerprint density at radius 3 is 2.74 bits per heavy atom. The van der Waals surface area contributed by atoms with Gasteiger partial charge >= 0.3 is 0 Å². The molecule has 106 valence electrons. The monoisotopic (exact) mass is 279 g/mol. The van der Waals surface area contributed by atoms with E-state index in [1.165, 1.54) is 41.9 Å². The van der Waals surface area contributed by atoms with Gasteiger partial charge in [-0.05, 0) is 44.9 Å². The lowest BCUT2D eigenvalue weighted by atomic mass is 10.1. The largest absolute Gasteiger partial charge is 0.496 e. The molecule has 0 spiro atoms. The molecule has 0 bridgehead atoms. The molecule has 1 fully saturated rings. The molecule has 1 unspecified atom stereocenters. The Bertz CT molecular complexity index is 402. The second kappa shape index (κ2) is 7.20. The minimum Gasteiger partial charge on any atom is -0.496 e. The highest BCUT2D eigenvalue weighted by molar-refractivity contribution is 7.99. The number of ether oxygens (including phenoxy) is 1. The standard InChI is InChI=1S/C16H25NOS/c1-12(17-2)16-14(18-3)9-6-10-15(16)19-11-13-7-4-5-8-13/h6,9-10,12-13,17H,4-5,7-8,11H2,1-3H3. The zero-order valence-corrected chi connectivity index (χ0v) is 13.1. The Morgan fingerprint density at radius 1 is 1.37 bits per heavy atom. The van der Waals surface area contributed by atoms with Crippen molar-refractivity contribution < 1.29 is 4.74 Å². The molecule has 0 heterocycles. The molecule has 0 radical (unpaired) electrons. The first-order valence-electron chi connectivity index (χ1n) is 7.23. The van der Waals surface area contributed by atoms with Crippen molar-refractivity contribution in [1.29, 1.82) is 0 Å². The van der Waals surface area contributed by atoms with Crippen LogP contribution in [0.5, 0.6) is 5.75 Å². The minimum atomic E-state index is 0.322. The van der Waals surface area contributed by atoms with Crippen LogP contribution in [0.2, 0.25) is 0 Å². The van der Waals surface area contributed by atoms with Crippen LogP contribution in [-0.4, -0.2) is 19.9 Å². The van der Waals surface area contributed by atoms with Crippen molar-refractivity contribution >= 4 is 11.8 Å². The van der Waals surface area contributed by atoms with E-state index in [-0.39, 0.29) is 0 Å². The quantitative estimate of drug-likeness (QED) is 0.786. The SMILES string of the molecule is CNC(C)c1c(OC)cccc1SCC1CCCC1. The van der Waals surface area contributed by atoms with Crippen molar-refractivity contribution in [2.75, 3.05) is 19.9 Å². The smallest absolute Gasteiger partial charge is 0.124 e. The lowest BCUT2D eigenvalue weighted by Gasteiger charge is -2.19. The number of hydrogen-bond donors (Lipinski definition) is 1. The summed E-state index contributed by atoms with van der Waals surface area (Å²) in [5.74, 6) is 3.16. The first kappa shape index (κ1) is 14.7. The van der Waals surface area contributed by atoms with E-state index in [2.05, 4.69) is 30.4 Å². The predicted molar refractivity (Wildman–Crippen MR) is 83.2 cm³/mol. The molecule has 2 rings (SSSR count). The molecule has 19 heavy (non-hydrogen) atoms. The summed E-state index contributed by atoms with van der Waals surface area (Å²) in [5, 5.41) is 3.33. The van der Waals surface area contributed by atoms with Crippen molar-refractivity contribution in [2.45, 2.75) is 43.5 Å². The van der Waals surface area contributed by atoms with E-state index >= 15 is 0 Å². The number of thioether (sulfide) groups is 1. The molecule has 0 amide bonds. The summed E-state index contributed by atoms with van der Waals surface area (Å²) in [7, 11) is 3.76. The van der Waals surface area contributed by atoms with Crippen molar-refractivity contribution in [3.63, 3.8) is 0 Å². The highest BCUT2D eigenvalue weighted by atomic mass is 32.2. The molecule has 1 aromatic carbocycles. The fourth-order valence-corrected chi connectivity index (χ4v) is 4.14.